The van der Waals surface area contributed by atoms with Gasteiger partial charge in [-0.25, -0.2) is 10.2 Å². The molecule has 3 aromatic carbocycles. The molecule has 0 unspecified atom stereocenters. The molecule has 3 aromatic rings. The van der Waals surface area contributed by atoms with Crippen molar-refractivity contribution in [3.8, 4) is 11.5 Å². The maximum absolute atomic E-state index is 12.2. The number of carbonyl (C=O) groups excluding carboxylic acids is 2. The molecule has 0 saturated heterocycles. The normalized spacial score (nSPS) is 11.7. The Morgan fingerprint density at radius 2 is 1.61 bits per heavy atom. The van der Waals surface area contributed by atoms with E-state index in [-0.39, 0.29) is 5.91 Å². The number of hydrogen-bond donors (Lipinski definition) is 1. The second-order valence-electron chi connectivity index (χ2n) is 6.42. The Hall–Kier alpha value is -2.97. The van der Waals surface area contributed by atoms with Gasteiger partial charge >= 0.3 is 5.97 Å². The summed E-state index contributed by atoms with van der Waals surface area (Å²) in [5, 5.41) is 3.94. The minimum Gasteiger partial charge on any atom is -0.481 e. The smallest absolute Gasteiger partial charge is 0.343 e. The summed E-state index contributed by atoms with van der Waals surface area (Å²) in [5.41, 5.74) is 3.62. The molecule has 0 saturated carbocycles. The number of nitrogens with one attached hydrogen (secondary N) is 1. The highest BCUT2D eigenvalue weighted by molar-refractivity contribution is 9.10. The van der Waals surface area contributed by atoms with Gasteiger partial charge in [-0.2, -0.15) is 5.10 Å². The van der Waals surface area contributed by atoms with Gasteiger partial charge in [0, 0.05) is 8.95 Å². The van der Waals surface area contributed by atoms with Crippen LogP contribution in [0.2, 0.25) is 0 Å². The van der Waals surface area contributed by atoms with Crippen LogP contribution in [0.5, 0.6) is 11.5 Å². The molecule has 0 aliphatic rings. The summed E-state index contributed by atoms with van der Waals surface area (Å²) in [4.78, 5) is 24.3. The van der Waals surface area contributed by atoms with E-state index in [0.717, 1.165) is 14.5 Å². The average molecular weight is 546 g/mol. The summed E-state index contributed by atoms with van der Waals surface area (Å²) >= 11 is 6.67. The van der Waals surface area contributed by atoms with Gasteiger partial charge < -0.3 is 9.47 Å². The van der Waals surface area contributed by atoms with Crippen molar-refractivity contribution in [1.82, 2.24) is 5.43 Å². The Kier molecular flexibility index (Phi) is 7.97. The Labute approximate surface area is 196 Å². The maximum Gasteiger partial charge on any atom is 0.343 e. The summed E-state index contributed by atoms with van der Waals surface area (Å²) in [6, 6.07) is 20.9. The fourth-order valence-electron chi connectivity index (χ4n) is 2.44. The van der Waals surface area contributed by atoms with Crippen molar-refractivity contribution in [2.24, 2.45) is 5.10 Å². The predicted molar refractivity (Wildman–Crippen MR) is 126 cm³/mol. The van der Waals surface area contributed by atoms with E-state index < -0.39 is 12.1 Å². The number of hydrogen-bond acceptors (Lipinski definition) is 5. The van der Waals surface area contributed by atoms with Gasteiger partial charge in [0.15, 0.2) is 6.10 Å². The molecule has 31 heavy (non-hydrogen) atoms. The molecule has 6 nitrogen and oxygen atoms in total. The number of amides is 1. The molecular formula is C23H18Br2N2O4. The highest BCUT2D eigenvalue weighted by Crippen LogP contribution is 2.18. The van der Waals surface area contributed by atoms with E-state index in [1.165, 1.54) is 6.21 Å². The molecule has 0 bridgehead atoms. The van der Waals surface area contributed by atoms with Gasteiger partial charge in [-0.05, 0) is 79.2 Å². The fraction of sp³-hybridized carbons (Fsp3) is 0.0870. The number of carbonyl (C=O) groups is 2. The van der Waals surface area contributed by atoms with E-state index in [9.17, 15) is 9.59 Å². The Morgan fingerprint density at radius 1 is 0.935 bits per heavy atom. The number of hydrazone groups is 1. The number of rotatable bonds is 7. The van der Waals surface area contributed by atoms with Gasteiger partial charge in [-0.15, -0.1) is 0 Å². The summed E-state index contributed by atoms with van der Waals surface area (Å²) in [7, 11) is 0. The molecule has 0 spiro atoms. The van der Waals surface area contributed by atoms with Crippen LogP contribution in [0.4, 0.5) is 0 Å². The van der Waals surface area contributed by atoms with E-state index in [0.29, 0.717) is 17.1 Å². The molecule has 1 atom stereocenters. The van der Waals surface area contributed by atoms with Crippen molar-refractivity contribution in [3.05, 3.63) is 92.9 Å². The van der Waals surface area contributed by atoms with Crippen LogP contribution in [-0.4, -0.2) is 24.2 Å². The van der Waals surface area contributed by atoms with Crippen LogP contribution in [0, 0.1) is 0 Å². The van der Waals surface area contributed by atoms with Crippen LogP contribution in [0.25, 0.3) is 0 Å². The van der Waals surface area contributed by atoms with Gasteiger partial charge in [0.1, 0.15) is 11.5 Å². The molecule has 158 valence electrons. The van der Waals surface area contributed by atoms with Crippen LogP contribution < -0.4 is 14.9 Å². The lowest BCUT2D eigenvalue weighted by Gasteiger charge is -2.12. The topological polar surface area (TPSA) is 77.0 Å². The summed E-state index contributed by atoms with van der Waals surface area (Å²) in [5.74, 6) is 0.166. The number of ether oxygens (including phenoxy) is 2. The molecular weight excluding hydrogens is 528 g/mol. The average Bonchev–Trinajstić information content (AvgIpc) is 2.76. The first-order valence-electron chi connectivity index (χ1n) is 9.23. The van der Waals surface area contributed by atoms with Crippen LogP contribution in [0.15, 0.2) is 86.8 Å². The highest BCUT2D eigenvalue weighted by Gasteiger charge is 2.14. The SMILES string of the molecule is C[C@@H](Oc1ccc(Br)cc1)C(=O)N/N=C\c1ccc(OC(=O)c2cccc(Br)c2)cc1. The summed E-state index contributed by atoms with van der Waals surface area (Å²) in [6.45, 7) is 1.64. The standard InChI is InChI=1S/C23H18Br2N2O4/c1-15(30-20-11-7-18(24)8-12-20)22(28)27-26-14-16-5-9-21(10-6-16)31-23(29)17-3-2-4-19(25)13-17/h2-15H,1H3,(H,27,28)/b26-14-/t15-/m1/s1. The lowest BCUT2D eigenvalue weighted by Crippen LogP contribution is -2.33. The first-order chi connectivity index (χ1) is 14.9. The maximum atomic E-state index is 12.2. The second kappa shape index (κ2) is 10.9. The quantitative estimate of drug-likeness (QED) is 0.188. The third-order valence-corrected chi connectivity index (χ3v) is 5.06. The monoisotopic (exact) mass is 544 g/mol. The molecule has 0 fully saturated rings. The zero-order valence-electron chi connectivity index (χ0n) is 16.4. The fourth-order valence-corrected chi connectivity index (χ4v) is 3.10. The molecule has 0 heterocycles. The van der Waals surface area contributed by atoms with Crippen LogP contribution >= 0.6 is 31.9 Å². The third kappa shape index (κ3) is 7.04. The summed E-state index contributed by atoms with van der Waals surface area (Å²) in [6.07, 6.45) is 0.780. The van der Waals surface area contributed by atoms with Crippen LogP contribution in [0.3, 0.4) is 0 Å². The van der Waals surface area contributed by atoms with Crippen molar-refractivity contribution in [2.75, 3.05) is 0 Å². The molecule has 1 N–H and O–H groups in total. The van der Waals surface area contributed by atoms with Gasteiger partial charge in [-0.1, -0.05) is 37.9 Å². The second-order valence-corrected chi connectivity index (χ2v) is 8.25. The van der Waals surface area contributed by atoms with E-state index in [1.54, 1.807) is 61.5 Å². The highest BCUT2D eigenvalue weighted by atomic mass is 79.9. The number of nitrogens with zero attached hydrogens (tertiary/aromatic N) is 1. The third-order valence-electron chi connectivity index (χ3n) is 4.04. The van der Waals surface area contributed by atoms with E-state index in [4.69, 9.17) is 9.47 Å². The molecule has 0 radical (unpaired) electrons. The van der Waals surface area contributed by atoms with E-state index in [1.807, 2.05) is 18.2 Å². The zero-order chi connectivity index (χ0) is 22.2. The minimum atomic E-state index is -0.710. The van der Waals surface area contributed by atoms with Crippen molar-refractivity contribution in [1.29, 1.82) is 0 Å². The number of esters is 1. The molecule has 0 aliphatic carbocycles. The van der Waals surface area contributed by atoms with Crippen LogP contribution in [-0.2, 0) is 4.79 Å². The van der Waals surface area contributed by atoms with Crippen molar-refractivity contribution in [3.63, 3.8) is 0 Å². The zero-order valence-corrected chi connectivity index (χ0v) is 19.6. The van der Waals surface area contributed by atoms with E-state index in [2.05, 4.69) is 42.4 Å². The molecule has 0 aromatic heterocycles. The lowest BCUT2D eigenvalue weighted by molar-refractivity contribution is -0.127. The Bertz CT molecular complexity index is 1080. The van der Waals surface area contributed by atoms with Gasteiger partial charge in [0.05, 0.1) is 11.8 Å². The van der Waals surface area contributed by atoms with Crippen molar-refractivity contribution >= 4 is 50.0 Å². The Balaban J connectivity index is 1.50. The van der Waals surface area contributed by atoms with Gasteiger partial charge in [-0.3, -0.25) is 4.79 Å². The predicted octanol–water partition coefficient (Wildman–Crippen LogP) is 5.35. The van der Waals surface area contributed by atoms with Crippen molar-refractivity contribution < 1.29 is 19.1 Å². The first-order valence-corrected chi connectivity index (χ1v) is 10.8. The van der Waals surface area contributed by atoms with E-state index >= 15 is 0 Å². The molecule has 8 heteroatoms. The number of halogens is 2. The van der Waals surface area contributed by atoms with Gasteiger partial charge in [0.2, 0.25) is 0 Å². The molecule has 1 amide bonds. The first kappa shape index (κ1) is 22.7. The van der Waals surface area contributed by atoms with Crippen molar-refractivity contribution in [2.45, 2.75) is 13.0 Å². The largest absolute Gasteiger partial charge is 0.481 e. The minimum absolute atomic E-state index is 0.376. The lowest BCUT2D eigenvalue weighted by atomic mass is 10.2. The van der Waals surface area contributed by atoms with Crippen LogP contribution in [0.1, 0.15) is 22.8 Å². The number of benzene rings is 3. The van der Waals surface area contributed by atoms with Gasteiger partial charge in [0.25, 0.3) is 5.91 Å². The molecule has 3 rings (SSSR count). The summed E-state index contributed by atoms with van der Waals surface area (Å²) < 4.78 is 12.7. The molecule has 0 aliphatic heterocycles. The Morgan fingerprint density at radius 3 is 2.29 bits per heavy atom.